The zero-order valence-corrected chi connectivity index (χ0v) is 10.2. The fourth-order valence-electron chi connectivity index (χ4n) is 1.40. The molecule has 1 atom stereocenters. The van der Waals surface area contributed by atoms with Crippen LogP contribution < -0.4 is 10.5 Å². The van der Waals surface area contributed by atoms with E-state index in [0.717, 1.165) is 0 Å². The van der Waals surface area contributed by atoms with Gasteiger partial charge in [0.25, 0.3) is 0 Å². The molecule has 2 N–H and O–H groups in total. The molecule has 0 aliphatic rings. The normalized spacial score (nSPS) is 11.9. The molecule has 0 unspecified atom stereocenters. The number of carbonyl (C=O) groups excluding carboxylic acids is 1. The minimum Gasteiger partial charge on any atom is -0.496 e. The summed E-state index contributed by atoms with van der Waals surface area (Å²) in [5.74, 6) is -0.0347. The van der Waals surface area contributed by atoms with Crippen molar-refractivity contribution in [3.63, 3.8) is 0 Å². The Morgan fingerprint density at radius 1 is 1.41 bits per heavy atom. The Balaban J connectivity index is 2.83. The van der Waals surface area contributed by atoms with Gasteiger partial charge in [0.1, 0.15) is 17.4 Å². The molecule has 0 spiro atoms. The predicted molar refractivity (Wildman–Crippen MR) is 64.2 cm³/mol. The van der Waals surface area contributed by atoms with E-state index in [4.69, 9.17) is 19.9 Å². The molecule has 0 bridgehead atoms. The number of hydrogen-bond donors (Lipinski definition) is 1. The molecule has 0 heterocycles. The minimum absolute atomic E-state index is 0.315. The first-order valence-corrected chi connectivity index (χ1v) is 5.22. The summed E-state index contributed by atoms with van der Waals surface area (Å²) in [6.07, 6.45) is -0.321. The molecule has 0 amide bonds. The van der Waals surface area contributed by atoms with Crippen LogP contribution in [0.5, 0.6) is 5.75 Å². The number of ether oxygens (including phenoxy) is 3. The fraction of sp³-hybridized carbons (Fsp3) is 0.417. The van der Waals surface area contributed by atoms with E-state index in [0.29, 0.717) is 23.6 Å². The molecule has 0 aliphatic heterocycles. The van der Waals surface area contributed by atoms with Gasteiger partial charge in [-0.15, -0.1) is 0 Å². The molecule has 0 saturated heterocycles. The Morgan fingerprint density at radius 3 is 2.71 bits per heavy atom. The standard InChI is InChI=1S/C12H17NO4/c1-8(7-15-2)17-12(14)10-6-9(13)4-5-11(10)16-3/h4-6,8H,7,13H2,1-3H3/t8-/m0/s1. The quantitative estimate of drug-likeness (QED) is 0.622. The van der Waals surface area contributed by atoms with E-state index in [9.17, 15) is 4.79 Å². The maximum atomic E-state index is 11.8. The number of carbonyl (C=O) groups is 1. The third kappa shape index (κ3) is 3.64. The number of methoxy groups -OCH3 is 2. The van der Waals surface area contributed by atoms with Gasteiger partial charge in [-0.25, -0.2) is 4.79 Å². The second-order valence-electron chi connectivity index (χ2n) is 3.63. The monoisotopic (exact) mass is 239 g/mol. The van der Waals surface area contributed by atoms with E-state index < -0.39 is 5.97 Å². The van der Waals surface area contributed by atoms with Crippen molar-refractivity contribution in [1.82, 2.24) is 0 Å². The van der Waals surface area contributed by atoms with Gasteiger partial charge in [-0.05, 0) is 25.1 Å². The lowest BCUT2D eigenvalue weighted by molar-refractivity contribution is 0.0117. The first-order chi connectivity index (χ1) is 8.08. The highest BCUT2D eigenvalue weighted by Crippen LogP contribution is 2.22. The molecule has 94 valence electrons. The van der Waals surface area contributed by atoms with Crippen molar-refractivity contribution in [2.24, 2.45) is 0 Å². The maximum absolute atomic E-state index is 11.8. The van der Waals surface area contributed by atoms with E-state index in [1.54, 1.807) is 26.2 Å². The van der Waals surface area contributed by atoms with Crippen molar-refractivity contribution >= 4 is 11.7 Å². The Bertz CT molecular complexity index is 392. The molecule has 0 aromatic heterocycles. The molecular weight excluding hydrogens is 222 g/mol. The Labute approximate surface area is 100 Å². The van der Waals surface area contributed by atoms with Crippen LogP contribution in [0.25, 0.3) is 0 Å². The van der Waals surface area contributed by atoms with Crippen molar-refractivity contribution in [3.05, 3.63) is 23.8 Å². The SMILES string of the molecule is COC[C@H](C)OC(=O)c1cc(N)ccc1OC. The number of esters is 1. The van der Waals surface area contributed by atoms with Gasteiger partial charge in [-0.1, -0.05) is 0 Å². The second-order valence-corrected chi connectivity index (χ2v) is 3.63. The zero-order valence-electron chi connectivity index (χ0n) is 10.2. The van der Waals surface area contributed by atoms with Crippen LogP contribution in [0.4, 0.5) is 5.69 Å². The molecule has 0 radical (unpaired) electrons. The van der Waals surface area contributed by atoms with Crippen LogP contribution in [0, 0.1) is 0 Å². The summed E-state index contributed by atoms with van der Waals surface area (Å²) in [4.78, 5) is 11.8. The Morgan fingerprint density at radius 2 is 2.12 bits per heavy atom. The van der Waals surface area contributed by atoms with Crippen LogP contribution in [0.3, 0.4) is 0 Å². The van der Waals surface area contributed by atoms with Crippen molar-refractivity contribution in [1.29, 1.82) is 0 Å². The summed E-state index contributed by atoms with van der Waals surface area (Å²) in [6.45, 7) is 2.09. The number of anilines is 1. The minimum atomic E-state index is -0.473. The lowest BCUT2D eigenvalue weighted by Gasteiger charge is -2.14. The Hall–Kier alpha value is -1.75. The van der Waals surface area contributed by atoms with Crippen molar-refractivity contribution < 1.29 is 19.0 Å². The van der Waals surface area contributed by atoms with Gasteiger partial charge in [-0.2, -0.15) is 0 Å². The van der Waals surface area contributed by atoms with Gasteiger partial charge >= 0.3 is 5.97 Å². The molecule has 1 aromatic rings. The highest BCUT2D eigenvalue weighted by molar-refractivity contribution is 5.93. The average Bonchev–Trinajstić information content (AvgIpc) is 2.29. The molecule has 17 heavy (non-hydrogen) atoms. The van der Waals surface area contributed by atoms with Crippen LogP contribution in [-0.4, -0.2) is 32.9 Å². The molecule has 0 fully saturated rings. The highest BCUT2D eigenvalue weighted by Gasteiger charge is 2.16. The third-order valence-electron chi connectivity index (χ3n) is 2.15. The summed E-state index contributed by atoms with van der Waals surface area (Å²) in [6, 6.07) is 4.82. The number of nitrogen functional groups attached to an aromatic ring is 1. The summed E-state index contributed by atoms with van der Waals surface area (Å²) >= 11 is 0. The lowest BCUT2D eigenvalue weighted by atomic mass is 10.2. The molecule has 0 saturated carbocycles. The summed E-state index contributed by atoms with van der Waals surface area (Å²) in [7, 11) is 3.03. The lowest BCUT2D eigenvalue weighted by Crippen LogP contribution is -2.20. The topological polar surface area (TPSA) is 70.8 Å². The predicted octanol–water partition coefficient (Wildman–Crippen LogP) is 1.47. The summed E-state index contributed by atoms with van der Waals surface area (Å²) in [5.41, 5.74) is 6.42. The second kappa shape index (κ2) is 6.10. The molecule has 5 heteroatoms. The van der Waals surface area contributed by atoms with Gasteiger partial charge in [0.2, 0.25) is 0 Å². The highest BCUT2D eigenvalue weighted by atomic mass is 16.6. The van der Waals surface area contributed by atoms with Gasteiger partial charge in [0.05, 0.1) is 13.7 Å². The van der Waals surface area contributed by atoms with Gasteiger partial charge < -0.3 is 19.9 Å². The van der Waals surface area contributed by atoms with E-state index in [1.807, 2.05) is 0 Å². The van der Waals surface area contributed by atoms with Crippen LogP contribution in [0.1, 0.15) is 17.3 Å². The summed E-state index contributed by atoms with van der Waals surface area (Å²) < 4.78 is 15.1. The van der Waals surface area contributed by atoms with Crippen LogP contribution >= 0.6 is 0 Å². The fourth-order valence-corrected chi connectivity index (χ4v) is 1.40. The first-order valence-electron chi connectivity index (χ1n) is 5.22. The summed E-state index contributed by atoms with van der Waals surface area (Å²) in [5, 5.41) is 0. The number of nitrogens with two attached hydrogens (primary N) is 1. The number of hydrogen-bond acceptors (Lipinski definition) is 5. The third-order valence-corrected chi connectivity index (χ3v) is 2.15. The van der Waals surface area contributed by atoms with Gasteiger partial charge in [0.15, 0.2) is 0 Å². The Kier molecular flexibility index (Phi) is 4.78. The van der Waals surface area contributed by atoms with E-state index >= 15 is 0 Å². The molecule has 5 nitrogen and oxygen atoms in total. The maximum Gasteiger partial charge on any atom is 0.342 e. The molecule has 0 aliphatic carbocycles. The van der Waals surface area contributed by atoms with Crippen molar-refractivity contribution in [2.75, 3.05) is 26.6 Å². The van der Waals surface area contributed by atoms with Crippen LogP contribution in [-0.2, 0) is 9.47 Å². The first kappa shape index (κ1) is 13.3. The van der Waals surface area contributed by atoms with E-state index in [1.165, 1.54) is 13.2 Å². The number of rotatable bonds is 5. The van der Waals surface area contributed by atoms with Crippen LogP contribution in [0.2, 0.25) is 0 Å². The van der Waals surface area contributed by atoms with E-state index in [-0.39, 0.29) is 6.10 Å². The van der Waals surface area contributed by atoms with Gasteiger partial charge in [0, 0.05) is 12.8 Å². The average molecular weight is 239 g/mol. The van der Waals surface area contributed by atoms with Crippen molar-refractivity contribution in [2.45, 2.75) is 13.0 Å². The smallest absolute Gasteiger partial charge is 0.342 e. The van der Waals surface area contributed by atoms with Crippen LogP contribution in [0.15, 0.2) is 18.2 Å². The zero-order chi connectivity index (χ0) is 12.8. The number of benzene rings is 1. The van der Waals surface area contributed by atoms with Crippen molar-refractivity contribution in [3.8, 4) is 5.75 Å². The largest absolute Gasteiger partial charge is 0.496 e. The molecule has 1 rings (SSSR count). The van der Waals surface area contributed by atoms with E-state index in [2.05, 4.69) is 0 Å². The van der Waals surface area contributed by atoms with Gasteiger partial charge in [-0.3, -0.25) is 0 Å². The molecule has 1 aromatic carbocycles. The molecular formula is C12H17NO4.